The molecular formula is C17H24FN3O2. The van der Waals surface area contributed by atoms with Gasteiger partial charge in [0.1, 0.15) is 5.82 Å². The predicted octanol–water partition coefficient (Wildman–Crippen LogP) is 1.68. The number of nitrogens with zero attached hydrogens (tertiary/aromatic N) is 2. The highest BCUT2D eigenvalue weighted by Gasteiger charge is 2.36. The van der Waals surface area contributed by atoms with Gasteiger partial charge in [0.05, 0.1) is 13.0 Å². The van der Waals surface area contributed by atoms with Crippen molar-refractivity contribution in [2.45, 2.75) is 13.3 Å². The highest BCUT2D eigenvalue weighted by molar-refractivity contribution is 5.82. The summed E-state index contributed by atoms with van der Waals surface area (Å²) in [7, 11) is 3.13. The maximum absolute atomic E-state index is 13.6. The van der Waals surface area contributed by atoms with Gasteiger partial charge in [-0.2, -0.15) is 0 Å². The minimum Gasteiger partial charge on any atom is -0.469 e. The molecule has 126 valence electrons. The van der Waals surface area contributed by atoms with E-state index in [1.54, 1.807) is 19.2 Å². The van der Waals surface area contributed by atoms with Crippen LogP contribution in [0.1, 0.15) is 12.5 Å². The summed E-state index contributed by atoms with van der Waals surface area (Å²) in [4.78, 5) is 18.1. The number of hydrogen-bond donors (Lipinski definition) is 1. The van der Waals surface area contributed by atoms with Crippen LogP contribution in [0.3, 0.4) is 0 Å². The van der Waals surface area contributed by atoms with E-state index in [0.717, 1.165) is 12.5 Å². The fraction of sp³-hybridized carbons (Fsp3) is 0.529. The minimum absolute atomic E-state index is 0.134. The lowest BCUT2D eigenvalue weighted by molar-refractivity contribution is -0.145. The predicted molar refractivity (Wildman–Crippen MR) is 87.7 cm³/mol. The Labute approximate surface area is 136 Å². The average molecular weight is 321 g/mol. The summed E-state index contributed by atoms with van der Waals surface area (Å²) >= 11 is 0. The van der Waals surface area contributed by atoms with Crippen LogP contribution in [0, 0.1) is 17.7 Å². The van der Waals surface area contributed by atoms with Crippen LogP contribution in [0.25, 0.3) is 0 Å². The molecule has 1 aliphatic heterocycles. The van der Waals surface area contributed by atoms with Gasteiger partial charge in [-0.1, -0.05) is 25.1 Å². The number of halogens is 1. The number of esters is 1. The smallest absolute Gasteiger partial charge is 0.310 e. The number of rotatable bonds is 4. The monoisotopic (exact) mass is 321 g/mol. The number of ether oxygens (including phenoxy) is 1. The summed E-state index contributed by atoms with van der Waals surface area (Å²) in [5.41, 5.74) is 0.678. The highest BCUT2D eigenvalue weighted by Crippen LogP contribution is 2.24. The van der Waals surface area contributed by atoms with Crippen molar-refractivity contribution >= 4 is 11.9 Å². The molecule has 23 heavy (non-hydrogen) atoms. The molecule has 2 unspecified atom stereocenters. The lowest BCUT2D eigenvalue weighted by atomic mass is 9.99. The van der Waals surface area contributed by atoms with Crippen molar-refractivity contribution < 1.29 is 13.9 Å². The van der Waals surface area contributed by atoms with Gasteiger partial charge in [0.15, 0.2) is 5.96 Å². The Hall–Kier alpha value is -2.11. The first-order valence-corrected chi connectivity index (χ1v) is 7.83. The second kappa shape index (κ2) is 7.94. The van der Waals surface area contributed by atoms with Crippen molar-refractivity contribution in [2.24, 2.45) is 16.8 Å². The number of carbonyl (C=O) groups excluding carboxylic acids is 1. The molecule has 2 atom stereocenters. The molecule has 0 radical (unpaired) electrons. The Bertz CT molecular complexity index is 577. The first kappa shape index (κ1) is 17.2. The third-order valence-corrected chi connectivity index (χ3v) is 4.26. The van der Waals surface area contributed by atoms with Gasteiger partial charge in [-0.3, -0.25) is 9.79 Å². The van der Waals surface area contributed by atoms with Gasteiger partial charge in [-0.05, 0) is 24.0 Å². The molecule has 0 bridgehead atoms. The number of guanidine groups is 1. The maximum Gasteiger partial charge on any atom is 0.310 e. The summed E-state index contributed by atoms with van der Waals surface area (Å²) in [6.45, 7) is 3.96. The van der Waals surface area contributed by atoms with Gasteiger partial charge < -0.3 is 15.0 Å². The number of carbonyl (C=O) groups is 1. The average Bonchev–Trinajstić information content (AvgIpc) is 2.94. The van der Waals surface area contributed by atoms with Crippen molar-refractivity contribution in [1.29, 1.82) is 0 Å². The van der Waals surface area contributed by atoms with Gasteiger partial charge in [0.2, 0.25) is 0 Å². The number of likely N-dealkylation sites (tertiary alicyclic amines) is 1. The quantitative estimate of drug-likeness (QED) is 0.521. The van der Waals surface area contributed by atoms with E-state index in [9.17, 15) is 9.18 Å². The van der Waals surface area contributed by atoms with Crippen molar-refractivity contribution in [2.75, 3.05) is 33.8 Å². The van der Waals surface area contributed by atoms with Gasteiger partial charge in [0.25, 0.3) is 0 Å². The van der Waals surface area contributed by atoms with Crippen LogP contribution in [0.2, 0.25) is 0 Å². The van der Waals surface area contributed by atoms with Crippen molar-refractivity contribution in [1.82, 2.24) is 10.2 Å². The van der Waals surface area contributed by atoms with Crippen molar-refractivity contribution in [3.63, 3.8) is 0 Å². The van der Waals surface area contributed by atoms with E-state index >= 15 is 0 Å². The minimum atomic E-state index is -0.190. The summed E-state index contributed by atoms with van der Waals surface area (Å²) in [6.07, 6.45) is 0.579. The molecule has 0 aliphatic carbocycles. The molecule has 0 saturated carbocycles. The first-order chi connectivity index (χ1) is 11.1. The van der Waals surface area contributed by atoms with E-state index in [4.69, 9.17) is 4.74 Å². The van der Waals surface area contributed by atoms with Crippen LogP contribution < -0.4 is 5.32 Å². The van der Waals surface area contributed by atoms with Gasteiger partial charge in [-0.15, -0.1) is 0 Å². The Morgan fingerprint density at radius 1 is 1.43 bits per heavy atom. The molecule has 1 heterocycles. The fourth-order valence-electron chi connectivity index (χ4n) is 2.94. The number of benzene rings is 1. The normalized spacial score (nSPS) is 21.4. The summed E-state index contributed by atoms with van der Waals surface area (Å²) in [5.74, 6) is 0.448. The number of aliphatic imine (C=N–C) groups is 1. The van der Waals surface area contributed by atoms with E-state index in [0.29, 0.717) is 25.1 Å². The van der Waals surface area contributed by atoms with E-state index in [-0.39, 0.29) is 23.6 Å². The van der Waals surface area contributed by atoms with Crippen molar-refractivity contribution in [3.05, 3.63) is 35.6 Å². The molecule has 0 spiro atoms. The molecule has 6 heteroatoms. The molecule has 1 aromatic carbocycles. The summed E-state index contributed by atoms with van der Waals surface area (Å²) in [6, 6.07) is 6.76. The third-order valence-electron chi connectivity index (χ3n) is 4.26. The molecule has 0 aromatic heterocycles. The second-order valence-corrected chi connectivity index (χ2v) is 5.83. The molecule has 1 fully saturated rings. The van der Waals surface area contributed by atoms with E-state index in [2.05, 4.69) is 10.3 Å². The van der Waals surface area contributed by atoms with E-state index in [1.807, 2.05) is 17.9 Å². The third kappa shape index (κ3) is 4.21. The molecule has 1 N–H and O–H groups in total. The standard InChI is InChI=1S/C17H24FN3O2/c1-12-10-21(11-14(12)16(22)23-3)17(19-2)20-9-8-13-6-4-5-7-15(13)18/h4-7,12,14H,8-11H2,1-3H3,(H,19,20). The highest BCUT2D eigenvalue weighted by atomic mass is 19.1. The number of nitrogens with one attached hydrogen (secondary N) is 1. The van der Waals surface area contributed by atoms with Crippen LogP contribution >= 0.6 is 0 Å². The zero-order valence-corrected chi connectivity index (χ0v) is 13.9. The Balaban J connectivity index is 1.89. The fourth-order valence-corrected chi connectivity index (χ4v) is 2.94. The topological polar surface area (TPSA) is 53.9 Å². The second-order valence-electron chi connectivity index (χ2n) is 5.83. The summed E-state index contributed by atoms with van der Waals surface area (Å²) < 4.78 is 18.5. The van der Waals surface area contributed by atoms with Crippen LogP contribution in [-0.4, -0.2) is 50.6 Å². The molecule has 1 aliphatic rings. The number of methoxy groups -OCH3 is 1. The number of hydrogen-bond acceptors (Lipinski definition) is 3. The van der Waals surface area contributed by atoms with Crippen LogP contribution in [0.4, 0.5) is 4.39 Å². The van der Waals surface area contributed by atoms with Crippen molar-refractivity contribution in [3.8, 4) is 0 Å². The maximum atomic E-state index is 13.6. The van der Waals surface area contributed by atoms with Crippen LogP contribution in [0.15, 0.2) is 29.3 Å². The van der Waals surface area contributed by atoms with Crippen LogP contribution in [0.5, 0.6) is 0 Å². The molecule has 2 rings (SSSR count). The lowest BCUT2D eigenvalue weighted by Crippen LogP contribution is -2.41. The SMILES string of the molecule is CN=C(NCCc1ccccc1F)N1CC(C)C(C(=O)OC)C1. The zero-order chi connectivity index (χ0) is 16.8. The Morgan fingerprint density at radius 3 is 2.83 bits per heavy atom. The van der Waals surface area contributed by atoms with Crippen LogP contribution in [-0.2, 0) is 16.0 Å². The molecule has 5 nitrogen and oxygen atoms in total. The van der Waals surface area contributed by atoms with E-state index < -0.39 is 0 Å². The molecule has 1 saturated heterocycles. The lowest BCUT2D eigenvalue weighted by Gasteiger charge is -2.21. The molecular weight excluding hydrogens is 297 g/mol. The van der Waals surface area contributed by atoms with E-state index in [1.165, 1.54) is 13.2 Å². The molecule has 1 aromatic rings. The van der Waals surface area contributed by atoms with Gasteiger partial charge in [0, 0.05) is 26.7 Å². The first-order valence-electron chi connectivity index (χ1n) is 7.83. The van der Waals surface area contributed by atoms with Gasteiger partial charge >= 0.3 is 5.97 Å². The molecule has 0 amide bonds. The Morgan fingerprint density at radius 2 is 2.17 bits per heavy atom. The zero-order valence-electron chi connectivity index (χ0n) is 13.9. The largest absolute Gasteiger partial charge is 0.469 e. The van der Waals surface area contributed by atoms with Gasteiger partial charge in [-0.25, -0.2) is 4.39 Å². The Kier molecular flexibility index (Phi) is 5.96. The summed E-state index contributed by atoms with van der Waals surface area (Å²) in [5, 5.41) is 3.24.